The Morgan fingerprint density at radius 1 is 1.18 bits per heavy atom. The highest BCUT2D eigenvalue weighted by Gasteiger charge is 2.18. The molecule has 2 aromatic rings. The van der Waals surface area contributed by atoms with Crippen LogP contribution < -0.4 is 0 Å². The predicted molar refractivity (Wildman–Crippen MR) is 62.2 cm³/mol. The molecule has 0 saturated carbocycles. The molecule has 0 atom stereocenters. The van der Waals surface area contributed by atoms with Gasteiger partial charge in [-0.2, -0.15) is 0 Å². The van der Waals surface area contributed by atoms with Gasteiger partial charge in [0.05, 0.1) is 5.56 Å². The number of aryl methyl sites for hydroxylation is 1. The molecular formula is C13H11NO3. The minimum atomic E-state index is -0.496. The van der Waals surface area contributed by atoms with E-state index in [1.807, 2.05) is 6.92 Å². The number of carbonyl (C=O) groups is 1. The number of aromatic nitrogens is 1. The number of phenolic OH excluding ortho intramolecular Hbond substituents is 1. The molecule has 2 rings (SSSR count). The second-order valence-corrected chi connectivity index (χ2v) is 3.72. The first-order valence-corrected chi connectivity index (χ1v) is 5.08. The summed E-state index contributed by atoms with van der Waals surface area (Å²) in [6.07, 6.45) is 1.42. The zero-order valence-corrected chi connectivity index (χ0v) is 9.21. The summed E-state index contributed by atoms with van der Waals surface area (Å²) in [6, 6.07) is 7.62. The minimum absolute atomic E-state index is 0.0617. The average molecular weight is 229 g/mol. The summed E-state index contributed by atoms with van der Waals surface area (Å²) in [5.74, 6) is -0.812. The number of nitrogens with zero attached hydrogens (tertiary/aromatic N) is 1. The molecule has 0 aliphatic heterocycles. The molecule has 4 heteroatoms. The molecular weight excluding hydrogens is 218 g/mol. The highest BCUT2D eigenvalue weighted by Crippen LogP contribution is 2.24. The Hall–Kier alpha value is -2.36. The van der Waals surface area contributed by atoms with E-state index in [1.165, 1.54) is 24.4 Å². The van der Waals surface area contributed by atoms with Gasteiger partial charge in [0.2, 0.25) is 5.78 Å². The third kappa shape index (κ3) is 2.10. The van der Waals surface area contributed by atoms with Gasteiger partial charge < -0.3 is 10.2 Å². The van der Waals surface area contributed by atoms with E-state index in [9.17, 15) is 15.0 Å². The molecule has 0 aliphatic rings. The monoisotopic (exact) mass is 229 g/mol. The van der Waals surface area contributed by atoms with Crippen molar-refractivity contribution in [1.29, 1.82) is 0 Å². The fourth-order valence-corrected chi connectivity index (χ4v) is 1.53. The normalized spacial score (nSPS) is 10.2. The van der Waals surface area contributed by atoms with Crippen LogP contribution in [-0.4, -0.2) is 21.0 Å². The lowest BCUT2D eigenvalue weighted by Gasteiger charge is -2.05. The number of phenols is 1. The lowest BCUT2D eigenvalue weighted by Crippen LogP contribution is -2.04. The number of carbonyl (C=O) groups excluding carboxylic acids is 1. The summed E-state index contributed by atoms with van der Waals surface area (Å²) < 4.78 is 0. The van der Waals surface area contributed by atoms with Gasteiger partial charge in [0.15, 0.2) is 5.69 Å². The van der Waals surface area contributed by atoms with Gasteiger partial charge in [-0.25, -0.2) is 4.98 Å². The summed E-state index contributed by atoms with van der Waals surface area (Å²) in [5, 5.41) is 19.2. The van der Waals surface area contributed by atoms with Gasteiger partial charge >= 0.3 is 0 Å². The quantitative estimate of drug-likeness (QED) is 0.773. The Morgan fingerprint density at radius 2 is 1.94 bits per heavy atom. The molecule has 0 unspecified atom stereocenters. The first-order chi connectivity index (χ1) is 8.09. The maximum absolute atomic E-state index is 12.1. The molecule has 0 fully saturated rings. The summed E-state index contributed by atoms with van der Waals surface area (Å²) >= 11 is 0. The Bertz CT molecular complexity index is 579. The molecule has 86 valence electrons. The third-order valence-electron chi connectivity index (χ3n) is 2.40. The largest absolute Gasteiger partial charge is 0.507 e. The smallest absolute Gasteiger partial charge is 0.218 e. The van der Waals surface area contributed by atoms with Gasteiger partial charge in [0, 0.05) is 6.20 Å². The van der Waals surface area contributed by atoms with E-state index < -0.39 is 5.78 Å². The van der Waals surface area contributed by atoms with Crippen molar-refractivity contribution in [2.75, 3.05) is 0 Å². The van der Waals surface area contributed by atoms with Crippen molar-refractivity contribution >= 4 is 5.78 Å². The van der Waals surface area contributed by atoms with Crippen molar-refractivity contribution in [2.24, 2.45) is 0 Å². The standard InChI is InChI=1S/C13H11NO3/c1-8-4-5-10(15)9(7-8)13(17)12-11(16)3-2-6-14-12/h2-7,15-16H,1H3. The zero-order valence-electron chi connectivity index (χ0n) is 9.21. The highest BCUT2D eigenvalue weighted by atomic mass is 16.3. The van der Waals surface area contributed by atoms with Crippen LogP contribution >= 0.6 is 0 Å². The Kier molecular flexibility index (Phi) is 2.78. The third-order valence-corrected chi connectivity index (χ3v) is 2.40. The number of benzene rings is 1. The highest BCUT2D eigenvalue weighted by molar-refractivity contribution is 6.10. The number of hydrogen-bond acceptors (Lipinski definition) is 4. The molecule has 0 amide bonds. The molecule has 1 heterocycles. The fraction of sp³-hybridized carbons (Fsp3) is 0.0769. The molecule has 17 heavy (non-hydrogen) atoms. The molecule has 0 bridgehead atoms. The van der Waals surface area contributed by atoms with Crippen LogP contribution in [0.2, 0.25) is 0 Å². The maximum Gasteiger partial charge on any atom is 0.218 e. The van der Waals surface area contributed by atoms with Gasteiger partial charge in [-0.3, -0.25) is 4.79 Å². The van der Waals surface area contributed by atoms with E-state index in [0.29, 0.717) is 0 Å². The second kappa shape index (κ2) is 4.25. The van der Waals surface area contributed by atoms with Crippen molar-refractivity contribution in [2.45, 2.75) is 6.92 Å². The Balaban J connectivity index is 2.51. The Labute approximate surface area is 98.2 Å². The van der Waals surface area contributed by atoms with E-state index in [1.54, 1.807) is 12.1 Å². The topological polar surface area (TPSA) is 70.4 Å². The van der Waals surface area contributed by atoms with Gasteiger partial charge in [0.1, 0.15) is 11.5 Å². The SMILES string of the molecule is Cc1ccc(O)c(C(=O)c2ncccc2O)c1. The van der Waals surface area contributed by atoms with Crippen LogP contribution in [0.5, 0.6) is 11.5 Å². The molecule has 4 nitrogen and oxygen atoms in total. The molecule has 1 aromatic heterocycles. The zero-order chi connectivity index (χ0) is 12.4. The van der Waals surface area contributed by atoms with Crippen LogP contribution in [0.4, 0.5) is 0 Å². The number of hydrogen-bond donors (Lipinski definition) is 2. The number of rotatable bonds is 2. The van der Waals surface area contributed by atoms with E-state index in [2.05, 4.69) is 4.98 Å². The number of aromatic hydroxyl groups is 2. The molecule has 0 saturated heterocycles. The van der Waals surface area contributed by atoms with Gasteiger partial charge in [-0.1, -0.05) is 11.6 Å². The van der Waals surface area contributed by atoms with Gasteiger partial charge in [-0.05, 0) is 31.2 Å². The summed E-state index contributed by atoms with van der Waals surface area (Å²) in [5.41, 5.74) is 0.925. The van der Waals surface area contributed by atoms with E-state index in [4.69, 9.17) is 0 Å². The summed E-state index contributed by atoms with van der Waals surface area (Å²) in [7, 11) is 0. The maximum atomic E-state index is 12.1. The lowest BCUT2D eigenvalue weighted by molar-refractivity contribution is 0.102. The van der Waals surface area contributed by atoms with Crippen LogP contribution in [0.3, 0.4) is 0 Å². The second-order valence-electron chi connectivity index (χ2n) is 3.72. The van der Waals surface area contributed by atoms with Gasteiger partial charge in [0.25, 0.3) is 0 Å². The van der Waals surface area contributed by atoms with Crippen LogP contribution in [0.25, 0.3) is 0 Å². The Morgan fingerprint density at radius 3 is 2.65 bits per heavy atom. The molecule has 0 radical (unpaired) electrons. The average Bonchev–Trinajstić information content (AvgIpc) is 2.32. The van der Waals surface area contributed by atoms with Crippen molar-refractivity contribution in [3.63, 3.8) is 0 Å². The summed E-state index contributed by atoms with van der Waals surface area (Å²) in [6.45, 7) is 1.81. The first kappa shape index (κ1) is 11.1. The number of pyridine rings is 1. The van der Waals surface area contributed by atoms with Crippen molar-refractivity contribution in [3.8, 4) is 11.5 Å². The van der Waals surface area contributed by atoms with Crippen LogP contribution in [0.1, 0.15) is 21.6 Å². The molecule has 0 spiro atoms. The van der Waals surface area contributed by atoms with E-state index in [-0.39, 0.29) is 22.8 Å². The van der Waals surface area contributed by atoms with Gasteiger partial charge in [-0.15, -0.1) is 0 Å². The lowest BCUT2D eigenvalue weighted by atomic mass is 10.0. The van der Waals surface area contributed by atoms with Crippen molar-refractivity contribution < 1.29 is 15.0 Å². The first-order valence-electron chi connectivity index (χ1n) is 5.08. The molecule has 1 aromatic carbocycles. The van der Waals surface area contributed by atoms with E-state index >= 15 is 0 Å². The fourth-order valence-electron chi connectivity index (χ4n) is 1.53. The van der Waals surface area contributed by atoms with Crippen LogP contribution in [0.15, 0.2) is 36.5 Å². The molecule has 2 N–H and O–H groups in total. The van der Waals surface area contributed by atoms with Crippen LogP contribution in [0, 0.1) is 6.92 Å². The summed E-state index contributed by atoms with van der Waals surface area (Å²) in [4.78, 5) is 15.9. The van der Waals surface area contributed by atoms with E-state index in [0.717, 1.165) is 5.56 Å². The predicted octanol–water partition coefficient (Wildman–Crippen LogP) is 2.03. The van der Waals surface area contributed by atoms with Crippen molar-refractivity contribution in [3.05, 3.63) is 53.3 Å². The minimum Gasteiger partial charge on any atom is -0.507 e. The van der Waals surface area contributed by atoms with Crippen LogP contribution in [-0.2, 0) is 0 Å². The molecule has 0 aliphatic carbocycles. The van der Waals surface area contributed by atoms with Crippen molar-refractivity contribution in [1.82, 2.24) is 4.98 Å². The number of ketones is 1.